The molecular formula is C21H23FN6. The average molecular weight is 378 g/mol. The van der Waals surface area contributed by atoms with Gasteiger partial charge in [0.1, 0.15) is 17.6 Å². The number of unbranched alkanes of at least 4 members (excludes halogenated alkanes) is 1. The topological polar surface area (TPSA) is 71.8 Å². The number of nitrogens with zero attached hydrogens (tertiary/aromatic N) is 5. The van der Waals surface area contributed by atoms with E-state index in [9.17, 15) is 4.39 Å². The van der Waals surface area contributed by atoms with Crippen molar-refractivity contribution in [1.29, 1.82) is 5.26 Å². The predicted octanol–water partition coefficient (Wildman–Crippen LogP) is 3.11. The second kappa shape index (κ2) is 8.36. The van der Waals surface area contributed by atoms with E-state index in [1.165, 1.54) is 11.6 Å². The van der Waals surface area contributed by atoms with E-state index < -0.39 is 0 Å². The molecule has 1 N–H and O–H groups in total. The van der Waals surface area contributed by atoms with Gasteiger partial charge in [0, 0.05) is 49.5 Å². The number of rotatable bonds is 6. The number of aryl methyl sites for hydroxylation is 1. The maximum absolute atomic E-state index is 13.5. The van der Waals surface area contributed by atoms with Crippen LogP contribution in [-0.4, -0.2) is 52.6 Å². The molecule has 1 aliphatic heterocycles. The molecule has 0 amide bonds. The first-order valence-corrected chi connectivity index (χ1v) is 9.69. The number of anilines is 1. The minimum Gasteiger partial charge on any atom is -0.361 e. The number of piperazine rings is 1. The first-order chi connectivity index (χ1) is 13.7. The minimum absolute atomic E-state index is 0.185. The van der Waals surface area contributed by atoms with Gasteiger partial charge in [0.15, 0.2) is 0 Å². The van der Waals surface area contributed by atoms with E-state index in [4.69, 9.17) is 5.26 Å². The Morgan fingerprint density at radius 2 is 2.00 bits per heavy atom. The maximum atomic E-state index is 13.5. The summed E-state index contributed by atoms with van der Waals surface area (Å²) in [6, 6.07) is 8.59. The number of halogens is 1. The normalized spacial score (nSPS) is 15.1. The van der Waals surface area contributed by atoms with E-state index in [0.717, 1.165) is 62.9 Å². The maximum Gasteiger partial charge on any atom is 0.226 e. The van der Waals surface area contributed by atoms with Gasteiger partial charge >= 0.3 is 0 Å². The Bertz CT molecular complexity index is 984. The van der Waals surface area contributed by atoms with Crippen LogP contribution in [0.25, 0.3) is 10.9 Å². The van der Waals surface area contributed by atoms with E-state index in [0.29, 0.717) is 11.6 Å². The van der Waals surface area contributed by atoms with Crippen LogP contribution in [0.1, 0.15) is 24.1 Å². The molecule has 2 aromatic heterocycles. The molecule has 0 bridgehead atoms. The van der Waals surface area contributed by atoms with Crippen LogP contribution >= 0.6 is 0 Å². The molecule has 0 radical (unpaired) electrons. The summed E-state index contributed by atoms with van der Waals surface area (Å²) < 4.78 is 13.5. The van der Waals surface area contributed by atoms with Crippen molar-refractivity contribution in [2.45, 2.75) is 19.3 Å². The fourth-order valence-corrected chi connectivity index (χ4v) is 3.74. The lowest BCUT2D eigenvalue weighted by Crippen LogP contribution is -2.47. The van der Waals surface area contributed by atoms with Crippen LogP contribution in [0, 0.1) is 17.1 Å². The molecule has 3 aromatic rings. The lowest BCUT2D eigenvalue weighted by molar-refractivity contribution is 0.252. The summed E-state index contributed by atoms with van der Waals surface area (Å²) in [5.41, 5.74) is 2.59. The first kappa shape index (κ1) is 18.4. The van der Waals surface area contributed by atoms with Gasteiger partial charge in [-0.15, -0.1) is 0 Å². The molecule has 1 aliphatic rings. The molecule has 6 nitrogen and oxygen atoms in total. The van der Waals surface area contributed by atoms with Crippen molar-refractivity contribution < 1.29 is 4.39 Å². The Balaban J connectivity index is 1.22. The third-order valence-electron chi connectivity index (χ3n) is 5.31. The van der Waals surface area contributed by atoms with Crippen molar-refractivity contribution in [2.24, 2.45) is 0 Å². The number of nitrogens with one attached hydrogen (secondary N) is 1. The summed E-state index contributed by atoms with van der Waals surface area (Å²) >= 11 is 0. The molecule has 1 fully saturated rings. The predicted molar refractivity (Wildman–Crippen MR) is 107 cm³/mol. The van der Waals surface area contributed by atoms with Gasteiger partial charge in [-0.05, 0) is 55.6 Å². The van der Waals surface area contributed by atoms with Gasteiger partial charge in [-0.3, -0.25) is 4.90 Å². The molecule has 1 aromatic carbocycles. The van der Waals surface area contributed by atoms with Crippen molar-refractivity contribution in [3.8, 4) is 6.07 Å². The van der Waals surface area contributed by atoms with Gasteiger partial charge < -0.3 is 9.88 Å². The standard InChI is InChI=1S/C21H23FN6/c22-17-4-5-20-19(13-17)16(15-25-20)3-1-2-8-27-9-11-28(12-10-27)21-24-7-6-18(14-23)26-21/h4-7,13,15,25H,1-3,8-12H2. The SMILES string of the molecule is N#Cc1ccnc(N2CCN(CCCCc3c[nH]c4ccc(F)cc34)CC2)n1. The zero-order chi connectivity index (χ0) is 19.3. The number of benzene rings is 1. The molecule has 0 unspecified atom stereocenters. The highest BCUT2D eigenvalue weighted by Gasteiger charge is 2.18. The smallest absolute Gasteiger partial charge is 0.226 e. The summed E-state index contributed by atoms with van der Waals surface area (Å²) in [5, 5.41) is 9.97. The van der Waals surface area contributed by atoms with Crippen LogP contribution < -0.4 is 4.90 Å². The first-order valence-electron chi connectivity index (χ1n) is 9.69. The third-order valence-corrected chi connectivity index (χ3v) is 5.31. The summed E-state index contributed by atoms with van der Waals surface area (Å²) in [5.74, 6) is 0.459. The average Bonchev–Trinajstić information content (AvgIpc) is 3.14. The number of fused-ring (bicyclic) bond motifs is 1. The van der Waals surface area contributed by atoms with Gasteiger partial charge in [0.05, 0.1) is 0 Å². The molecule has 0 aliphatic carbocycles. The molecule has 144 valence electrons. The molecule has 7 heteroatoms. The highest BCUT2D eigenvalue weighted by Crippen LogP contribution is 2.21. The third kappa shape index (κ3) is 4.12. The highest BCUT2D eigenvalue weighted by molar-refractivity contribution is 5.83. The van der Waals surface area contributed by atoms with E-state index in [1.807, 2.05) is 6.20 Å². The fraction of sp³-hybridized carbons (Fsp3) is 0.381. The molecule has 1 saturated heterocycles. The quantitative estimate of drug-likeness (QED) is 0.668. The number of hydrogen-bond donors (Lipinski definition) is 1. The molecule has 3 heterocycles. The van der Waals surface area contributed by atoms with Crippen molar-refractivity contribution in [3.63, 3.8) is 0 Å². The lowest BCUT2D eigenvalue weighted by Gasteiger charge is -2.34. The lowest BCUT2D eigenvalue weighted by atomic mass is 10.1. The second-order valence-corrected chi connectivity index (χ2v) is 7.14. The Hall–Kier alpha value is -2.98. The van der Waals surface area contributed by atoms with Crippen molar-refractivity contribution in [3.05, 3.63) is 53.7 Å². The number of hydrogen-bond acceptors (Lipinski definition) is 5. The van der Waals surface area contributed by atoms with Crippen LogP contribution in [0.2, 0.25) is 0 Å². The fourth-order valence-electron chi connectivity index (χ4n) is 3.74. The van der Waals surface area contributed by atoms with Gasteiger partial charge in [-0.2, -0.15) is 5.26 Å². The Kier molecular flexibility index (Phi) is 5.49. The Morgan fingerprint density at radius 1 is 1.14 bits per heavy atom. The van der Waals surface area contributed by atoms with Crippen LogP contribution in [0.3, 0.4) is 0 Å². The van der Waals surface area contributed by atoms with Crippen LogP contribution in [0.15, 0.2) is 36.7 Å². The highest BCUT2D eigenvalue weighted by atomic mass is 19.1. The molecule has 4 rings (SSSR count). The molecule has 0 saturated carbocycles. The number of aromatic nitrogens is 3. The molecule has 0 spiro atoms. The Labute approximate surface area is 163 Å². The summed E-state index contributed by atoms with van der Waals surface area (Å²) in [7, 11) is 0. The second-order valence-electron chi connectivity index (χ2n) is 7.14. The van der Waals surface area contributed by atoms with Crippen molar-refractivity contribution in [2.75, 3.05) is 37.6 Å². The summed E-state index contributed by atoms with van der Waals surface area (Å²) in [6.45, 7) is 4.74. The number of nitriles is 1. The molecule has 0 atom stereocenters. The van der Waals surface area contributed by atoms with E-state index in [2.05, 4.69) is 30.8 Å². The number of H-pyrrole nitrogens is 1. The van der Waals surface area contributed by atoms with E-state index in [1.54, 1.807) is 24.4 Å². The zero-order valence-electron chi connectivity index (χ0n) is 15.7. The Morgan fingerprint density at radius 3 is 2.82 bits per heavy atom. The zero-order valence-corrected chi connectivity index (χ0v) is 15.7. The van der Waals surface area contributed by atoms with Crippen LogP contribution in [-0.2, 0) is 6.42 Å². The van der Waals surface area contributed by atoms with E-state index in [-0.39, 0.29) is 5.82 Å². The van der Waals surface area contributed by atoms with Gasteiger partial charge in [0.25, 0.3) is 0 Å². The summed E-state index contributed by atoms with van der Waals surface area (Å²) in [6.07, 6.45) is 6.79. The largest absolute Gasteiger partial charge is 0.361 e. The van der Waals surface area contributed by atoms with Crippen molar-refractivity contribution in [1.82, 2.24) is 19.9 Å². The van der Waals surface area contributed by atoms with E-state index >= 15 is 0 Å². The van der Waals surface area contributed by atoms with Crippen molar-refractivity contribution >= 4 is 16.9 Å². The molecule has 28 heavy (non-hydrogen) atoms. The number of aromatic amines is 1. The van der Waals surface area contributed by atoms with Gasteiger partial charge in [0.2, 0.25) is 5.95 Å². The minimum atomic E-state index is -0.185. The van der Waals surface area contributed by atoms with Crippen LogP contribution in [0.5, 0.6) is 0 Å². The summed E-state index contributed by atoms with van der Waals surface area (Å²) in [4.78, 5) is 16.4. The van der Waals surface area contributed by atoms with Gasteiger partial charge in [-0.25, -0.2) is 14.4 Å². The molecular weight excluding hydrogens is 355 g/mol. The van der Waals surface area contributed by atoms with Gasteiger partial charge in [-0.1, -0.05) is 0 Å². The van der Waals surface area contributed by atoms with Crippen LogP contribution in [0.4, 0.5) is 10.3 Å². The monoisotopic (exact) mass is 378 g/mol.